The van der Waals surface area contributed by atoms with Gasteiger partial charge in [0.1, 0.15) is 16.9 Å². The van der Waals surface area contributed by atoms with Crippen molar-refractivity contribution in [3.05, 3.63) is 54.0 Å². The summed E-state index contributed by atoms with van der Waals surface area (Å²) in [6.07, 6.45) is 0.932. The third-order valence-corrected chi connectivity index (χ3v) is 7.88. The van der Waals surface area contributed by atoms with E-state index in [2.05, 4.69) is 20.6 Å². The lowest BCUT2D eigenvalue weighted by molar-refractivity contribution is -0.0696. The minimum absolute atomic E-state index is 0.280. The number of hydrogen-bond donors (Lipinski definition) is 4. The van der Waals surface area contributed by atoms with Crippen LogP contribution in [0.15, 0.2) is 42.6 Å². The number of rotatable bonds is 7. The molecule has 0 spiro atoms. The molecule has 0 radical (unpaired) electrons. The number of para-hydroxylation sites is 1. The molecule has 1 saturated carbocycles. The van der Waals surface area contributed by atoms with Crippen molar-refractivity contribution in [2.75, 3.05) is 17.7 Å². The van der Waals surface area contributed by atoms with Crippen LogP contribution in [0, 0.1) is 19.8 Å². The molecule has 0 aliphatic heterocycles. The number of methoxy groups -OCH3 is 1. The zero-order valence-corrected chi connectivity index (χ0v) is 22.4. The van der Waals surface area contributed by atoms with Gasteiger partial charge in [-0.3, -0.25) is 4.98 Å². The predicted octanol–water partition coefficient (Wildman–Crippen LogP) is 4.46. The number of ether oxygens (including phenoxy) is 1. The zero-order valence-electron chi connectivity index (χ0n) is 21.6. The second-order valence-corrected chi connectivity index (χ2v) is 11.2. The minimum Gasteiger partial charge on any atom is -0.390 e. The van der Waals surface area contributed by atoms with Gasteiger partial charge in [0.05, 0.1) is 33.5 Å². The molecule has 1 aliphatic carbocycles. The van der Waals surface area contributed by atoms with E-state index in [9.17, 15) is 10.2 Å². The van der Waals surface area contributed by atoms with Crippen LogP contribution in [0.25, 0.3) is 20.8 Å². The molecule has 9 nitrogen and oxygen atoms in total. The zero-order chi connectivity index (χ0) is 26.3. The molecule has 4 atom stereocenters. The van der Waals surface area contributed by atoms with E-state index in [0.717, 1.165) is 37.9 Å². The fourth-order valence-electron chi connectivity index (χ4n) is 5.07. The van der Waals surface area contributed by atoms with E-state index in [4.69, 9.17) is 14.7 Å². The van der Waals surface area contributed by atoms with Gasteiger partial charge < -0.3 is 25.6 Å². The number of pyridine rings is 1. The van der Waals surface area contributed by atoms with Crippen molar-refractivity contribution < 1.29 is 14.9 Å². The Kier molecular flexibility index (Phi) is 6.84. The van der Waals surface area contributed by atoms with E-state index in [1.807, 2.05) is 50.2 Å². The van der Waals surface area contributed by atoms with Crippen molar-refractivity contribution in [2.24, 2.45) is 5.92 Å². The van der Waals surface area contributed by atoms with Crippen LogP contribution in [0.2, 0.25) is 0 Å². The Balaban J connectivity index is 1.54. The van der Waals surface area contributed by atoms with Crippen molar-refractivity contribution in [1.29, 1.82) is 0 Å². The standard InChI is InChI=1S/C27H32N6O3S/c1-14-10-16(11-15(2)29-14)30-26-28-13-17(25-32-19-8-6-7-9-21(19)37-25)24(33-26)31-20-12-18(27(3,4)35)22(34)23(20)36-5/h6-11,13,18,20,22-23,34-35H,12H2,1-5H3,(H2,28,29,30,31,33)/t18?,20-,22-,23+/m1/s1. The van der Waals surface area contributed by atoms with Crippen LogP contribution in [0.4, 0.5) is 17.5 Å². The lowest BCUT2D eigenvalue weighted by Gasteiger charge is -2.28. The summed E-state index contributed by atoms with van der Waals surface area (Å²) in [6.45, 7) is 7.32. The summed E-state index contributed by atoms with van der Waals surface area (Å²) in [6, 6.07) is 11.6. The first-order valence-corrected chi connectivity index (χ1v) is 13.1. The number of anilines is 3. The summed E-state index contributed by atoms with van der Waals surface area (Å²) >= 11 is 1.57. The topological polar surface area (TPSA) is 125 Å². The van der Waals surface area contributed by atoms with Gasteiger partial charge in [0.25, 0.3) is 0 Å². The van der Waals surface area contributed by atoms with E-state index >= 15 is 0 Å². The maximum atomic E-state index is 10.9. The van der Waals surface area contributed by atoms with E-state index in [-0.39, 0.29) is 12.0 Å². The highest BCUT2D eigenvalue weighted by Crippen LogP contribution is 2.40. The van der Waals surface area contributed by atoms with Gasteiger partial charge in [0.15, 0.2) is 0 Å². The predicted molar refractivity (Wildman–Crippen MR) is 146 cm³/mol. The molecule has 3 heterocycles. The van der Waals surface area contributed by atoms with Crippen LogP contribution in [0.3, 0.4) is 0 Å². The van der Waals surface area contributed by atoms with Gasteiger partial charge >= 0.3 is 0 Å². The number of aliphatic hydroxyl groups excluding tert-OH is 1. The Morgan fingerprint density at radius 1 is 1.08 bits per heavy atom. The first-order valence-electron chi connectivity index (χ1n) is 12.3. The summed E-state index contributed by atoms with van der Waals surface area (Å²) in [5.41, 5.74) is 3.24. The maximum absolute atomic E-state index is 10.9. The molecule has 0 bridgehead atoms. The number of fused-ring (bicyclic) bond motifs is 1. The molecule has 4 N–H and O–H groups in total. The van der Waals surface area contributed by atoms with Crippen molar-refractivity contribution >= 4 is 39.0 Å². The van der Waals surface area contributed by atoms with Crippen LogP contribution < -0.4 is 10.6 Å². The largest absolute Gasteiger partial charge is 0.390 e. The van der Waals surface area contributed by atoms with Crippen LogP contribution in [-0.4, -0.2) is 61.1 Å². The van der Waals surface area contributed by atoms with Crippen molar-refractivity contribution in [3.63, 3.8) is 0 Å². The van der Waals surface area contributed by atoms with Gasteiger partial charge in [-0.05, 0) is 58.4 Å². The Morgan fingerprint density at radius 3 is 2.49 bits per heavy atom. The maximum Gasteiger partial charge on any atom is 0.229 e. The summed E-state index contributed by atoms with van der Waals surface area (Å²) in [7, 11) is 1.57. The Morgan fingerprint density at radius 2 is 1.81 bits per heavy atom. The Hall–Kier alpha value is -3.18. The second-order valence-electron chi connectivity index (χ2n) is 10.1. The minimum atomic E-state index is -1.06. The molecule has 4 aromatic rings. The second kappa shape index (κ2) is 9.94. The highest BCUT2D eigenvalue weighted by atomic mass is 32.1. The smallest absolute Gasteiger partial charge is 0.229 e. The fourth-order valence-corrected chi connectivity index (χ4v) is 6.05. The lowest BCUT2D eigenvalue weighted by atomic mass is 9.88. The Labute approximate surface area is 220 Å². The average molecular weight is 521 g/mol. The summed E-state index contributed by atoms with van der Waals surface area (Å²) < 4.78 is 6.75. The van der Waals surface area contributed by atoms with Gasteiger partial charge in [-0.1, -0.05) is 12.1 Å². The average Bonchev–Trinajstić information content (AvgIpc) is 3.39. The summed E-state index contributed by atoms with van der Waals surface area (Å²) in [4.78, 5) is 18.7. The number of aryl methyl sites for hydroxylation is 2. The third kappa shape index (κ3) is 5.28. The van der Waals surface area contributed by atoms with Crippen LogP contribution in [0.1, 0.15) is 31.7 Å². The van der Waals surface area contributed by atoms with Crippen LogP contribution in [-0.2, 0) is 4.74 Å². The molecule has 0 amide bonds. The molecule has 1 aromatic carbocycles. The normalized spacial score (nSPS) is 21.9. The molecule has 0 saturated heterocycles. The molecule has 1 fully saturated rings. The first kappa shape index (κ1) is 25.5. The molecule has 5 rings (SSSR count). The molecule has 194 valence electrons. The number of benzene rings is 1. The quantitative estimate of drug-likeness (QED) is 0.279. The summed E-state index contributed by atoms with van der Waals surface area (Å²) in [5, 5.41) is 29.2. The van der Waals surface area contributed by atoms with Crippen molar-refractivity contribution in [3.8, 4) is 10.6 Å². The van der Waals surface area contributed by atoms with Gasteiger partial charge in [-0.25, -0.2) is 9.97 Å². The molecule has 1 aliphatic rings. The van der Waals surface area contributed by atoms with Gasteiger partial charge in [0.2, 0.25) is 5.95 Å². The van der Waals surface area contributed by atoms with Crippen LogP contribution >= 0.6 is 11.3 Å². The molecule has 3 aromatic heterocycles. The molecule has 37 heavy (non-hydrogen) atoms. The molecular formula is C27H32N6O3S. The number of thiazole rings is 1. The fraction of sp³-hybridized carbons (Fsp3) is 0.407. The highest BCUT2D eigenvalue weighted by molar-refractivity contribution is 7.21. The number of nitrogens with one attached hydrogen (secondary N) is 2. The van der Waals surface area contributed by atoms with Crippen molar-refractivity contribution in [1.82, 2.24) is 19.9 Å². The summed E-state index contributed by atoms with van der Waals surface area (Å²) in [5.74, 6) is 0.640. The SMILES string of the molecule is CO[C@@H]1[C@H](O)C(C(C)(C)O)C[C@H]1Nc1nc(Nc2cc(C)nc(C)c2)ncc1-c1nc2ccccc2s1. The third-order valence-electron chi connectivity index (χ3n) is 6.81. The number of aromatic nitrogens is 4. The number of aliphatic hydroxyl groups is 2. The first-order chi connectivity index (χ1) is 17.6. The van der Waals surface area contributed by atoms with Gasteiger partial charge in [0, 0.05) is 36.3 Å². The number of nitrogens with zero attached hydrogens (tertiary/aromatic N) is 4. The lowest BCUT2D eigenvalue weighted by Crippen LogP contribution is -2.41. The number of hydrogen-bond acceptors (Lipinski definition) is 10. The van der Waals surface area contributed by atoms with E-state index in [1.165, 1.54) is 0 Å². The Bertz CT molecular complexity index is 1370. The monoisotopic (exact) mass is 520 g/mol. The van der Waals surface area contributed by atoms with Gasteiger partial charge in [-0.15, -0.1) is 11.3 Å². The van der Waals surface area contributed by atoms with Gasteiger partial charge in [-0.2, -0.15) is 4.98 Å². The highest BCUT2D eigenvalue weighted by Gasteiger charge is 2.48. The molecule has 10 heteroatoms. The van der Waals surface area contributed by atoms with Crippen LogP contribution in [0.5, 0.6) is 0 Å². The van der Waals surface area contributed by atoms with Crippen molar-refractivity contribution in [2.45, 2.75) is 58.0 Å². The van der Waals surface area contributed by atoms with E-state index in [1.54, 1.807) is 38.5 Å². The molecule has 1 unspecified atom stereocenters. The molecular weight excluding hydrogens is 488 g/mol. The van der Waals surface area contributed by atoms with E-state index in [0.29, 0.717) is 18.2 Å². The van der Waals surface area contributed by atoms with E-state index < -0.39 is 17.8 Å².